The molecule has 1 aromatic carbocycles. The summed E-state index contributed by atoms with van der Waals surface area (Å²) in [5.41, 5.74) is -0.451. The van der Waals surface area contributed by atoms with Gasteiger partial charge in [-0.25, -0.2) is 0 Å². The topological polar surface area (TPSA) is 25.2 Å². The van der Waals surface area contributed by atoms with Gasteiger partial charge in [-0.1, -0.05) is 6.07 Å². The Kier molecular flexibility index (Phi) is 2.93. The van der Waals surface area contributed by atoms with Gasteiger partial charge in [0.05, 0.1) is 17.9 Å². The van der Waals surface area contributed by atoms with Crippen LogP contribution >= 0.6 is 0 Å². The highest BCUT2D eigenvalue weighted by Crippen LogP contribution is 2.34. The zero-order valence-electron chi connectivity index (χ0n) is 8.78. The van der Waals surface area contributed by atoms with Crippen molar-refractivity contribution < 1.29 is 18.3 Å². The van der Waals surface area contributed by atoms with Gasteiger partial charge in [-0.15, -0.1) is 0 Å². The Morgan fingerprint density at radius 2 is 1.76 bits per heavy atom. The molecule has 1 heterocycles. The Balaban J connectivity index is 2.59. The number of benzene rings is 1. The molecule has 0 radical (unpaired) electrons. The summed E-state index contributed by atoms with van der Waals surface area (Å²) in [6.07, 6.45) is -1.35. The molecule has 0 bridgehead atoms. The number of aliphatic hydroxyl groups is 1. The van der Waals surface area contributed by atoms with E-state index in [1.54, 1.807) is 24.5 Å². The normalized spacial score (nSPS) is 11.8. The molecule has 5 heteroatoms. The molecule has 0 spiro atoms. The molecule has 0 atom stereocenters. The van der Waals surface area contributed by atoms with Crippen molar-refractivity contribution >= 4 is 0 Å². The molecule has 2 aromatic rings. The number of nitrogens with zero attached hydrogens (tertiary/aromatic N) is 1. The Hall–Kier alpha value is -1.75. The largest absolute Gasteiger partial charge is 0.418 e. The van der Waals surface area contributed by atoms with Crippen LogP contribution in [-0.2, 0) is 12.8 Å². The maximum atomic E-state index is 12.9. The van der Waals surface area contributed by atoms with Crippen molar-refractivity contribution in [3.05, 3.63) is 53.9 Å². The van der Waals surface area contributed by atoms with Crippen LogP contribution in [0.5, 0.6) is 0 Å². The van der Waals surface area contributed by atoms with Gasteiger partial charge in [0.1, 0.15) is 0 Å². The predicted octanol–water partition coefficient (Wildman–Crippen LogP) is 2.99. The Morgan fingerprint density at radius 3 is 2.29 bits per heavy atom. The van der Waals surface area contributed by atoms with Crippen molar-refractivity contribution in [2.45, 2.75) is 12.8 Å². The summed E-state index contributed by atoms with van der Waals surface area (Å²) in [6, 6.07) is 7.11. The van der Waals surface area contributed by atoms with Crippen molar-refractivity contribution in [1.82, 2.24) is 4.57 Å². The van der Waals surface area contributed by atoms with Crippen LogP contribution in [0.2, 0.25) is 0 Å². The van der Waals surface area contributed by atoms with Gasteiger partial charge >= 0.3 is 6.18 Å². The minimum Gasteiger partial charge on any atom is -0.392 e. The smallest absolute Gasteiger partial charge is 0.392 e. The second-order valence-corrected chi connectivity index (χ2v) is 3.60. The first-order chi connectivity index (χ1) is 8.02. The van der Waals surface area contributed by atoms with Gasteiger partial charge in [-0.3, -0.25) is 0 Å². The van der Waals surface area contributed by atoms with Crippen molar-refractivity contribution in [2.24, 2.45) is 0 Å². The predicted molar refractivity (Wildman–Crippen MR) is 56.7 cm³/mol. The van der Waals surface area contributed by atoms with Gasteiger partial charge in [0, 0.05) is 12.4 Å². The Bertz CT molecular complexity index is 503. The first-order valence-corrected chi connectivity index (χ1v) is 4.96. The van der Waals surface area contributed by atoms with Crippen LogP contribution in [0.1, 0.15) is 11.1 Å². The third-order valence-corrected chi connectivity index (χ3v) is 2.43. The quantitative estimate of drug-likeness (QED) is 0.859. The van der Waals surface area contributed by atoms with Crippen LogP contribution in [0, 0.1) is 0 Å². The molecule has 1 aromatic heterocycles. The van der Waals surface area contributed by atoms with E-state index < -0.39 is 18.3 Å². The van der Waals surface area contributed by atoms with E-state index in [0.717, 1.165) is 6.07 Å². The summed E-state index contributed by atoms with van der Waals surface area (Å²) in [7, 11) is 0. The summed E-state index contributed by atoms with van der Waals surface area (Å²) in [5.74, 6) is 0. The molecular formula is C12H10F3NO. The van der Waals surface area contributed by atoms with E-state index >= 15 is 0 Å². The van der Waals surface area contributed by atoms with E-state index in [0.29, 0.717) is 0 Å². The van der Waals surface area contributed by atoms with Gasteiger partial charge in [-0.05, 0) is 29.8 Å². The van der Waals surface area contributed by atoms with E-state index in [1.165, 1.54) is 16.7 Å². The zero-order valence-corrected chi connectivity index (χ0v) is 8.78. The fourth-order valence-electron chi connectivity index (χ4n) is 1.63. The molecule has 0 amide bonds. The van der Waals surface area contributed by atoms with Gasteiger partial charge in [0.15, 0.2) is 0 Å². The number of rotatable bonds is 2. The van der Waals surface area contributed by atoms with Gasteiger partial charge in [0.25, 0.3) is 0 Å². The lowest BCUT2D eigenvalue weighted by Gasteiger charge is -2.14. The average molecular weight is 241 g/mol. The van der Waals surface area contributed by atoms with Gasteiger partial charge in [0.2, 0.25) is 0 Å². The second kappa shape index (κ2) is 4.25. The van der Waals surface area contributed by atoms with Crippen molar-refractivity contribution in [3.63, 3.8) is 0 Å². The van der Waals surface area contributed by atoms with Crippen LogP contribution in [0.4, 0.5) is 13.2 Å². The third kappa shape index (κ3) is 2.34. The molecule has 0 aliphatic heterocycles. The number of halogens is 3. The molecule has 2 rings (SSSR count). The van der Waals surface area contributed by atoms with E-state index in [9.17, 15) is 13.2 Å². The first kappa shape index (κ1) is 11.7. The highest BCUT2D eigenvalue weighted by Gasteiger charge is 2.34. The Labute approximate surface area is 95.9 Å². The average Bonchev–Trinajstić information content (AvgIpc) is 2.80. The van der Waals surface area contributed by atoms with E-state index in [-0.39, 0.29) is 11.3 Å². The maximum absolute atomic E-state index is 12.9. The van der Waals surface area contributed by atoms with Crippen LogP contribution in [0.3, 0.4) is 0 Å². The van der Waals surface area contributed by atoms with Crippen molar-refractivity contribution in [3.8, 4) is 5.69 Å². The summed E-state index contributed by atoms with van der Waals surface area (Å²) >= 11 is 0. The number of aliphatic hydroxyl groups excluding tert-OH is 1. The summed E-state index contributed by atoms with van der Waals surface area (Å²) < 4.78 is 40.0. The van der Waals surface area contributed by atoms with Crippen molar-refractivity contribution in [2.75, 3.05) is 0 Å². The lowest BCUT2D eigenvalue weighted by Crippen LogP contribution is -2.11. The Morgan fingerprint density at radius 1 is 1.12 bits per heavy atom. The standard InChI is InChI=1S/C12H10F3NO/c13-12(14,15)10-7-9(8-17)3-4-11(10)16-5-1-2-6-16/h1-7,17H,8H2. The highest BCUT2D eigenvalue weighted by atomic mass is 19.4. The molecule has 0 saturated carbocycles. The summed E-state index contributed by atoms with van der Waals surface area (Å²) in [4.78, 5) is 0. The molecule has 1 N–H and O–H groups in total. The monoisotopic (exact) mass is 241 g/mol. The SMILES string of the molecule is OCc1ccc(-n2cccc2)c(C(F)(F)F)c1. The van der Waals surface area contributed by atoms with Gasteiger partial charge < -0.3 is 9.67 Å². The van der Waals surface area contributed by atoms with Gasteiger partial charge in [-0.2, -0.15) is 13.2 Å². The molecule has 2 nitrogen and oxygen atoms in total. The van der Waals surface area contributed by atoms with Crippen LogP contribution in [0.25, 0.3) is 5.69 Å². The zero-order chi connectivity index (χ0) is 12.5. The molecule has 0 saturated heterocycles. The molecule has 90 valence electrons. The highest BCUT2D eigenvalue weighted by molar-refractivity contribution is 5.45. The minimum atomic E-state index is -4.44. The van der Waals surface area contributed by atoms with Crippen LogP contribution < -0.4 is 0 Å². The summed E-state index contributed by atoms with van der Waals surface area (Å²) in [6.45, 7) is -0.408. The van der Waals surface area contributed by atoms with Crippen molar-refractivity contribution in [1.29, 1.82) is 0 Å². The second-order valence-electron chi connectivity index (χ2n) is 3.60. The van der Waals surface area contributed by atoms with E-state index in [1.807, 2.05) is 0 Å². The number of hydrogen-bond donors (Lipinski definition) is 1. The first-order valence-electron chi connectivity index (χ1n) is 4.96. The molecule has 0 aliphatic rings. The molecule has 17 heavy (non-hydrogen) atoms. The lowest BCUT2D eigenvalue weighted by atomic mass is 10.1. The lowest BCUT2D eigenvalue weighted by molar-refractivity contribution is -0.137. The third-order valence-electron chi connectivity index (χ3n) is 2.43. The fourth-order valence-corrected chi connectivity index (χ4v) is 1.63. The molecular weight excluding hydrogens is 231 g/mol. The van der Waals surface area contributed by atoms with Crippen LogP contribution in [-0.4, -0.2) is 9.67 Å². The summed E-state index contributed by atoms with van der Waals surface area (Å²) in [5, 5.41) is 8.88. The minimum absolute atomic E-state index is 0.0553. The van der Waals surface area contributed by atoms with Crippen LogP contribution in [0.15, 0.2) is 42.7 Å². The number of hydrogen-bond acceptors (Lipinski definition) is 1. The van der Waals surface area contributed by atoms with E-state index in [4.69, 9.17) is 5.11 Å². The molecule has 0 aliphatic carbocycles. The molecule has 0 unspecified atom stereocenters. The number of aromatic nitrogens is 1. The molecule has 0 fully saturated rings. The van der Waals surface area contributed by atoms with E-state index in [2.05, 4.69) is 0 Å². The maximum Gasteiger partial charge on any atom is 0.418 e. The fraction of sp³-hybridized carbons (Fsp3) is 0.167. The number of alkyl halides is 3.